The molecule has 0 aliphatic carbocycles. The molecule has 0 spiro atoms. The van der Waals surface area contributed by atoms with Crippen molar-refractivity contribution in [2.45, 2.75) is 53.1 Å². The van der Waals surface area contributed by atoms with Crippen LogP contribution in [0.25, 0.3) is 0 Å². The third-order valence-corrected chi connectivity index (χ3v) is 2.92. The highest BCUT2D eigenvalue weighted by atomic mass is 16.6. The van der Waals surface area contributed by atoms with Crippen molar-refractivity contribution in [1.29, 1.82) is 0 Å². The van der Waals surface area contributed by atoms with Crippen LogP contribution in [-0.2, 0) is 9.47 Å². The highest BCUT2D eigenvalue weighted by Gasteiger charge is 2.15. The first kappa shape index (κ1) is 22.5. The monoisotopic (exact) mass is 344 g/mol. The minimum absolute atomic E-state index is 0.386. The van der Waals surface area contributed by atoms with Crippen LogP contribution >= 0.6 is 0 Å². The third-order valence-electron chi connectivity index (χ3n) is 2.92. The van der Waals surface area contributed by atoms with Gasteiger partial charge in [-0.3, -0.25) is 4.99 Å². The minimum Gasteiger partial charge on any atom is -0.444 e. The van der Waals surface area contributed by atoms with Gasteiger partial charge >= 0.3 is 6.09 Å². The summed E-state index contributed by atoms with van der Waals surface area (Å²) in [6.07, 6.45) is 1.48. The number of nitrogens with one attached hydrogen (secondary N) is 3. The van der Waals surface area contributed by atoms with Crippen LogP contribution in [0.2, 0.25) is 0 Å². The van der Waals surface area contributed by atoms with E-state index < -0.39 is 5.60 Å². The van der Waals surface area contributed by atoms with Gasteiger partial charge in [0, 0.05) is 33.3 Å². The van der Waals surface area contributed by atoms with Crippen LogP contribution in [0.4, 0.5) is 4.79 Å². The van der Waals surface area contributed by atoms with E-state index in [2.05, 4.69) is 34.8 Å². The molecule has 0 aliphatic rings. The predicted octanol–water partition coefficient (Wildman–Crippen LogP) is 2.13. The van der Waals surface area contributed by atoms with Gasteiger partial charge in [0.15, 0.2) is 5.96 Å². The van der Waals surface area contributed by atoms with Crippen LogP contribution in [0.3, 0.4) is 0 Å². The van der Waals surface area contributed by atoms with E-state index in [0.717, 1.165) is 25.4 Å². The molecule has 0 bridgehead atoms. The van der Waals surface area contributed by atoms with Gasteiger partial charge in [-0.05, 0) is 39.5 Å². The SMILES string of the molecule is CN=C(NCCCNC(=O)OC(C)(C)C)NCCOCCC(C)C. The van der Waals surface area contributed by atoms with Crippen molar-refractivity contribution < 1.29 is 14.3 Å². The predicted molar refractivity (Wildman–Crippen MR) is 98.5 cm³/mol. The Bertz CT molecular complexity index is 365. The molecule has 24 heavy (non-hydrogen) atoms. The Labute approximate surface area is 147 Å². The molecule has 0 aromatic heterocycles. The average molecular weight is 345 g/mol. The second kappa shape index (κ2) is 12.9. The lowest BCUT2D eigenvalue weighted by atomic mass is 10.1. The first-order valence-electron chi connectivity index (χ1n) is 8.73. The van der Waals surface area contributed by atoms with Crippen molar-refractivity contribution in [1.82, 2.24) is 16.0 Å². The second-order valence-electron chi connectivity index (χ2n) is 7.00. The molecule has 0 fully saturated rings. The fourth-order valence-corrected chi connectivity index (χ4v) is 1.68. The van der Waals surface area contributed by atoms with E-state index >= 15 is 0 Å². The van der Waals surface area contributed by atoms with Gasteiger partial charge in [0.2, 0.25) is 0 Å². The Morgan fingerprint density at radius 1 is 1.04 bits per heavy atom. The van der Waals surface area contributed by atoms with Crippen molar-refractivity contribution in [3.8, 4) is 0 Å². The Morgan fingerprint density at radius 2 is 1.67 bits per heavy atom. The molecule has 0 unspecified atom stereocenters. The summed E-state index contributed by atoms with van der Waals surface area (Å²) in [6.45, 7) is 13.3. The number of nitrogens with zero attached hydrogens (tertiary/aromatic N) is 1. The second-order valence-corrected chi connectivity index (χ2v) is 7.00. The molecule has 0 radical (unpaired) electrons. The van der Waals surface area contributed by atoms with E-state index in [4.69, 9.17) is 9.47 Å². The maximum atomic E-state index is 11.5. The van der Waals surface area contributed by atoms with E-state index in [1.165, 1.54) is 0 Å². The van der Waals surface area contributed by atoms with Crippen LogP contribution in [-0.4, -0.2) is 57.5 Å². The zero-order valence-electron chi connectivity index (χ0n) is 16.2. The van der Waals surface area contributed by atoms with E-state index in [0.29, 0.717) is 32.2 Å². The molecule has 0 saturated heterocycles. The molecule has 0 aromatic rings. The van der Waals surface area contributed by atoms with Gasteiger partial charge in [0.1, 0.15) is 5.60 Å². The highest BCUT2D eigenvalue weighted by Crippen LogP contribution is 2.06. The highest BCUT2D eigenvalue weighted by molar-refractivity contribution is 5.79. The number of hydrogen-bond acceptors (Lipinski definition) is 4. The lowest BCUT2D eigenvalue weighted by Gasteiger charge is -2.19. The molecule has 7 heteroatoms. The van der Waals surface area contributed by atoms with Crippen molar-refractivity contribution >= 4 is 12.1 Å². The zero-order valence-corrected chi connectivity index (χ0v) is 16.2. The van der Waals surface area contributed by atoms with Gasteiger partial charge in [0.25, 0.3) is 0 Å². The molecule has 142 valence electrons. The maximum Gasteiger partial charge on any atom is 0.407 e. The standard InChI is InChI=1S/C17H36N4O3/c1-14(2)8-12-23-13-11-20-15(18-6)19-9-7-10-21-16(22)24-17(3,4)5/h14H,7-13H2,1-6H3,(H,21,22)(H2,18,19,20). The summed E-state index contributed by atoms with van der Waals surface area (Å²) in [5.74, 6) is 1.40. The van der Waals surface area contributed by atoms with Gasteiger partial charge in [-0.15, -0.1) is 0 Å². The summed E-state index contributed by atoms with van der Waals surface area (Å²) in [4.78, 5) is 15.6. The molecule has 0 saturated carbocycles. The van der Waals surface area contributed by atoms with Crippen LogP contribution < -0.4 is 16.0 Å². The summed E-state index contributed by atoms with van der Waals surface area (Å²) >= 11 is 0. The Kier molecular flexibility index (Phi) is 12.1. The molecule has 3 N–H and O–H groups in total. The van der Waals surface area contributed by atoms with Crippen LogP contribution in [0.15, 0.2) is 4.99 Å². The first-order chi connectivity index (χ1) is 11.2. The number of carbonyl (C=O) groups is 1. The van der Waals surface area contributed by atoms with Crippen molar-refractivity contribution in [3.63, 3.8) is 0 Å². The first-order valence-corrected chi connectivity index (χ1v) is 8.73. The summed E-state index contributed by atoms with van der Waals surface area (Å²) in [5, 5.41) is 9.11. The van der Waals surface area contributed by atoms with E-state index in [-0.39, 0.29) is 6.09 Å². The number of rotatable bonds is 10. The Hall–Kier alpha value is -1.50. The van der Waals surface area contributed by atoms with Crippen molar-refractivity contribution in [2.75, 3.05) is 39.9 Å². The quantitative estimate of drug-likeness (QED) is 0.321. The molecule has 0 aromatic carbocycles. The lowest BCUT2D eigenvalue weighted by Crippen LogP contribution is -2.40. The number of aliphatic imine (C=N–C) groups is 1. The molecule has 0 heterocycles. The maximum absolute atomic E-state index is 11.5. The summed E-state index contributed by atoms with van der Waals surface area (Å²) < 4.78 is 10.7. The van der Waals surface area contributed by atoms with E-state index in [1.807, 2.05) is 20.8 Å². The van der Waals surface area contributed by atoms with Crippen molar-refractivity contribution in [2.24, 2.45) is 10.9 Å². The van der Waals surface area contributed by atoms with Gasteiger partial charge < -0.3 is 25.4 Å². The van der Waals surface area contributed by atoms with Crippen LogP contribution in [0.5, 0.6) is 0 Å². The Morgan fingerprint density at radius 3 is 2.25 bits per heavy atom. The van der Waals surface area contributed by atoms with Crippen molar-refractivity contribution in [3.05, 3.63) is 0 Å². The lowest BCUT2D eigenvalue weighted by molar-refractivity contribution is 0.0527. The molecular weight excluding hydrogens is 308 g/mol. The number of hydrogen-bond donors (Lipinski definition) is 3. The number of ether oxygens (including phenoxy) is 2. The largest absolute Gasteiger partial charge is 0.444 e. The van der Waals surface area contributed by atoms with E-state index in [9.17, 15) is 4.79 Å². The number of alkyl carbamates (subject to hydrolysis) is 1. The fraction of sp³-hybridized carbons (Fsp3) is 0.882. The normalized spacial score (nSPS) is 12.2. The van der Waals surface area contributed by atoms with Gasteiger partial charge in [-0.25, -0.2) is 4.79 Å². The molecular formula is C17H36N4O3. The third kappa shape index (κ3) is 15.4. The van der Waals surface area contributed by atoms with Gasteiger partial charge in [0.05, 0.1) is 6.61 Å². The minimum atomic E-state index is -0.467. The number of carbonyl (C=O) groups excluding carboxylic acids is 1. The zero-order chi connectivity index (χ0) is 18.4. The smallest absolute Gasteiger partial charge is 0.407 e. The topological polar surface area (TPSA) is 84.0 Å². The van der Waals surface area contributed by atoms with Gasteiger partial charge in [-0.2, -0.15) is 0 Å². The summed E-state index contributed by atoms with van der Waals surface area (Å²) in [6, 6.07) is 0. The number of guanidine groups is 1. The summed E-state index contributed by atoms with van der Waals surface area (Å²) in [7, 11) is 1.73. The molecule has 0 rings (SSSR count). The van der Waals surface area contributed by atoms with Crippen LogP contribution in [0.1, 0.15) is 47.5 Å². The van der Waals surface area contributed by atoms with Gasteiger partial charge in [-0.1, -0.05) is 13.8 Å². The van der Waals surface area contributed by atoms with E-state index in [1.54, 1.807) is 7.05 Å². The number of amides is 1. The molecule has 1 amide bonds. The molecule has 7 nitrogen and oxygen atoms in total. The Balaban J connectivity index is 3.61. The molecule has 0 aliphatic heterocycles. The summed E-state index contributed by atoms with van der Waals surface area (Å²) in [5.41, 5.74) is -0.467. The van der Waals surface area contributed by atoms with Crippen LogP contribution in [0, 0.1) is 5.92 Å². The average Bonchev–Trinajstić information content (AvgIpc) is 2.46. The molecule has 0 atom stereocenters. The fourth-order valence-electron chi connectivity index (χ4n) is 1.68.